The summed E-state index contributed by atoms with van der Waals surface area (Å²) < 4.78 is 0. The van der Waals surface area contributed by atoms with E-state index >= 15 is 0 Å². The zero-order valence-electron chi connectivity index (χ0n) is 10.1. The summed E-state index contributed by atoms with van der Waals surface area (Å²) in [6, 6.07) is 4.22. The van der Waals surface area contributed by atoms with Crippen molar-refractivity contribution in [2.45, 2.75) is 0 Å². The van der Waals surface area contributed by atoms with Crippen LogP contribution in [-0.4, -0.2) is 27.7 Å². The van der Waals surface area contributed by atoms with Crippen LogP contribution in [0.1, 0.15) is 15.2 Å². The van der Waals surface area contributed by atoms with Crippen LogP contribution in [0.4, 0.5) is 5.13 Å². The number of hydrogen-bond acceptors (Lipinski definition) is 5. The Balaban J connectivity index is 2.13. The molecule has 0 fully saturated rings. The Morgan fingerprint density at radius 3 is 3.00 bits per heavy atom. The number of carbonyl (C=O) groups excluding carboxylic acids is 1. The van der Waals surface area contributed by atoms with Gasteiger partial charge in [0.15, 0.2) is 5.13 Å². The fourth-order valence-electron chi connectivity index (χ4n) is 1.38. The minimum absolute atomic E-state index is 0.104. The molecule has 20 heavy (non-hydrogen) atoms. The van der Waals surface area contributed by atoms with Crippen molar-refractivity contribution in [1.82, 2.24) is 4.98 Å². The van der Waals surface area contributed by atoms with Crippen molar-refractivity contribution in [1.29, 1.82) is 0 Å². The lowest BCUT2D eigenvalue weighted by atomic mass is 10.2. The summed E-state index contributed by atoms with van der Waals surface area (Å²) in [4.78, 5) is 16.5. The Labute approximate surface area is 123 Å². The van der Waals surface area contributed by atoms with Crippen molar-refractivity contribution in [2.75, 3.05) is 11.9 Å². The highest BCUT2D eigenvalue weighted by atomic mass is 35.5. The number of rotatable bonds is 2. The molecule has 1 heterocycles. The molecule has 5 nitrogen and oxygen atoms in total. The minimum Gasteiger partial charge on any atom is -0.507 e. The highest BCUT2D eigenvalue weighted by molar-refractivity contribution is 7.16. The number of hydrogen-bond donors (Lipinski definition) is 3. The number of amides is 1. The van der Waals surface area contributed by atoms with E-state index in [1.807, 2.05) is 0 Å². The van der Waals surface area contributed by atoms with E-state index in [4.69, 9.17) is 16.7 Å². The standard InChI is InChI=1S/C13H9ClN2O3S/c14-8-3-4-10(11(18)6-8)12(19)16-13-15-7-9(20-13)2-1-5-17/h3-4,6-7,17-18H,5H2,(H,15,16,19). The topological polar surface area (TPSA) is 82.5 Å². The van der Waals surface area contributed by atoms with E-state index in [9.17, 15) is 9.90 Å². The number of carbonyl (C=O) groups is 1. The monoisotopic (exact) mass is 308 g/mol. The number of phenols is 1. The smallest absolute Gasteiger partial charge is 0.261 e. The first-order chi connectivity index (χ1) is 9.60. The van der Waals surface area contributed by atoms with Gasteiger partial charge in [-0.2, -0.15) is 0 Å². The van der Waals surface area contributed by atoms with E-state index < -0.39 is 5.91 Å². The molecule has 0 spiro atoms. The Morgan fingerprint density at radius 2 is 2.30 bits per heavy atom. The SMILES string of the molecule is O=C(Nc1ncc(C#CCO)s1)c1ccc(Cl)cc1O. The predicted molar refractivity (Wildman–Crippen MR) is 77.1 cm³/mol. The van der Waals surface area contributed by atoms with Gasteiger partial charge in [0, 0.05) is 5.02 Å². The second kappa shape index (κ2) is 6.39. The largest absolute Gasteiger partial charge is 0.507 e. The van der Waals surface area contributed by atoms with E-state index in [-0.39, 0.29) is 17.9 Å². The molecule has 102 valence electrons. The molecule has 0 saturated carbocycles. The van der Waals surface area contributed by atoms with E-state index in [1.165, 1.54) is 35.7 Å². The Morgan fingerprint density at radius 1 is 1.50 bits per heavy atom. The Bertz CT molecular complexity index is 703. The van der Waals surface area contributed by atoms with Crippen molar-refractivity contribution in [3.05, 3.63) is 39.9 Å². The number of aliphatic hydroxyl groups excluding tert-OH is 1. The fourth-order valence-corrected chi connectivity index (χ4v) is 2.23. The number of anilines is 1. The molecule has 0 unspecified atom stereocenters. The number of halogens is 1. The van der Waals surface area contributed by atoms with Gasteiger partial charge >= 0.3 is 0 Å². The highest BCUT2D eigenvalue weighted by Crippen LogP contribution is 2.24. The van der Waals surface area contributed by atoms with Crippen LogP contribution in [-0.2, 0) is 0 Å². The summed E-state index contributed by atoms with van der Waals surface area (Å²) in [5.41, 5.74) is 0.104. The van der Waals surface area contributed by atoms with Crippen molar-refractivity contribution in [3.8, 4) is 17.6 Å². The van der Waals surface area contributed by atoms with Gasteiger partial charge in [-0.25, -0.2) is 4.98 Å². The van der Waals surface area contributed by atoms with E-state index in [0.29, 0.717) is 15.0 Å². The van der Waals surface area contributed by atoms with Crippen LogP contribution in [0, 0.1) is 11.8 Å². The zero-order chi connectivity index (χ0) is 14.5. The summed E-state index contributed by atoms with van der Waals surface area (Å²) in [6.45, 7) is -0.238. The number of nitrogens with one attached hydrogen (secondary N) is 1. The molecule has 0 saturated heterocycles. The third kappa shape index (κ3) is 3.48. The maximum Gasteiger partial charge on any atom is 0.261 e. The lowest BCUT2D eigenvalue weighted by molar-refractivity contribution is 0.102. The molecule has 0 atom stereocenters. The van der Waals surface area contributed by atoms with Gasteiger partial charge in [-0.3, -0.25) is 10.1 Å². The molecule has 1 amide bonds. The van der Waals surface area contributed by atoms with Gasteiger partial charge in [0.05, 0.1) is 16.6 Å². The van der Waals surface area contributed by atoms with Crippen LogP contribution in [0.15, 0.2) is 24.4 Å². The summed E-state index contributed by atoms with van der Waals surface area (Å²) >= 11 is 6.87. The first kappa shape index (κ1) is 14.3. The van der Waals surface area contributed by atoms with Crippen LogP contribution in [0.3, 0.4) is 0 Å². The van der Waals surface area contributed by atoms with Gasteiger partial charge in [-0.05, 0) is 18.2 Å². The molecular formula is C13H9ClN2O3S. The van der Waals surface area contributed by atoms with Crippen LogP contribution >= 0.6 is 22.9 Å². The quantitative estimate of drug-likeness (QED) is 0.742. The second-order valence-electron chi connectivity index (χ2n) is 3.61. The van der Waals surface area contributed by atoms with Crippen LogP contribution in [0.2, 0.25) is 5.02 Å². The lowest BCUT2D eigenvalue weighted by Crippen LogP contribution is -2.11. The predicted octanol–water partition coefficient (Wildman–Crippen LogP) is 2.10. The maximum atomic E-state index is 11.9. The molecule has 3 N–H and O–H groups in total. The summed E-state index contributed by atoms with van der Waals surface area (Å²) in [5.74, 6) is 4.48. The van der Waals surface area contributed by atoms with Crippen LogP contribution < -0.4 is 5.32 Å². The minimum atomic E-state index is -0.491. The average Bonchev–Trinajstić information content (AvgIpc) is 2.83. The molecule has 0 aliphatic carbocycles. The zero-order valence-corrected chi connectivity index (χ0v) is 11.6. The fraction of sp³-hybridized carbons (Fsp3) is 0.0769. The molecule has 2 aromatic rings. The third-order valence-corrected chi connectivity index (χ3v) is 3.28. The number of nitrogens with zero attached hydrogens (tertiary/aromatic N) is 1. The third-order valence-electron chi connectivity index (χ3n) is 2.22. The lowest BCUT2D eigenvalue weighted by Gasteiger charge is -2.04. The van der Waals surface area contributed by atoms with Gasteiger partial charge in [0.1, 0.15) is 12.4 Å². The number of aromatic hydroxyl groups is 1. The molecule has 1 aromatic heterocycles. The second-order valence-corrected chi connectivity index (χ2v) is 5.07. The molecule has 7 heteroatoms. The Kier molecular flexibility index (Phi) is 4.58. The number of aromatic nitrogens is 1. The van der Waals surface area contributed by atoms with Crippen LogP contribution in [0.25, 0.3) is 0 Å². The first-order valence-electron chi connectivity index (χ1n) is 5.45. The van der Waals surface area contributed by atoms with E-state index in [0.717, 1.165) is 0 Å². The summed E-state index contributed by atoms with van der Waals surface area (Å²) in [5, 5.41) is 21.5. The van der Waals surface area contributed by atoms with E-state index in [2.05, 4.69) is 22.1 Å². The van der Waals surface area contributed by atoms with Crippen LogP contribution in [0.5, 0.6) is 5.75 Å². The van der Waals surface area contributed by atoms with Gasteiger partial charge in [-0.1, -0.05) is 34.8 Å². The maximum absolute atomic E-state index is 11.9. The summed E-state index contributed by atoms with van der Waals surface area (Å²) in [6.07, 6.45) is 1.49. The number of benzene rings is 1. The number of thiazole rings is 1. The van der Waals surface area contributed by atoms with Crippen molar-refractivity contribution < 1.29 is 15.0 Å². The molecule has 0 bridgehead atoms. The highest BCUT2D eigenvalue weighted by Gasteiger charge is 2.13. The Hall–Kier alpha value is -2.07. The molecular weight excluding hydrogens is 300 g/mol. The van der Waals surface area contributed by atoms with E-state index in [1.54, 1.807) is 0 Å². The average molecular weight is 309 g/mol. The molecule has 0 aliphatic rings. The van der Waals surface area contributed by atoms with Crippen molar-refractivity contribution >= 4 is 34.0 Å². The molecule has 0 radical (unpaired) electrons. The molecule has 2 rings (SSSR count). The molecule has 1 aromatic carbocycles. The normalized spacial score (nSPS) is 9.70. The van der Waals surface area contributed by atoms with Crippen molar-refractivity contribution in [2.24, 2.45) is 0 Å². The summed E-state index contributed by atoms with van der Waals surface area (Å²) in [7, 11) is 0. The van der Waals surface area contributed by atoms with Gasteiger partial charge in [-0.15, -0.1) is 0 Å². The van der Waals surface area contributed by atoms with Crippen molar-refractivity contribution in [3.63, 3.8) is 0 Å². The van der Waals surface area contributed by atoms with Gasteiger partial charge in [0.2, 0.25) is 0 Å². The van der Waals surface area contributed by atoms with Gasteiger partial charge in [0.25, 0.3) is 5.91 Å². The number of phenolic OH excluding ortho intramolecular Hbond substituents is 1. The van der Waals surface area contributed by atoms with Gasteiger partial charge < -0.3 is 10.2 Å². The first-order valence-corrected chi connectivity index (χ1v) is 6.65. The molecule has 0 aliphatic heterocycles. The number of aliphatic hydroxyl groups is 1.